The van der Waals surface area contributed by atoms with Crippen molar-refractivity contribution in [3.05, 3.63) is 66.4 Å². The summed E-state index contributed by atoms with van der Waals surface area (Å²) in [7, 11) is 0. The maximum Gasteiger partial charge on any atom is 0.411 e. The van der Waals surface area contributed by atoms with E-state index in [0.717, 1.165) is 24.0 Å². The first kappa shape index (κ1) is 21.7. The van der Waals surface area contributed by atoms with Crippen LogP contribution in [-0.2, 0) is 11.3 Å². The van der Waals surface area contributed by atoms with E-state index in [4.69, 9.17) is 4.42 Å². The molecule has 2 aliphatic rings. The SMILES string of the molecule is C[C@H]1CN(C(=O)O)c2cc(-c3ccc(C(=O)NCc4ncco4)cc3)ccc2N1C(=O)C1CC1. The molecule has 0 unspecified atom stereocenters. The molecule has 1 aromatic heterocycles. The lowest BCUT2D eigenvalue weighted by Gasteiger charge is -2.40. The normalized spacial score (nSPS) is 17.3. The minimum Gasteiger partial charge on any atom is -0.465 e. The van der Waals surface area contributed by atoms with E-state index in [9.17, 15) is 19.5 Å². The molecule has 174 valence electrons. The molecular formula is C25H24N4O5. The molecule has 2 heterocycles. The Kier molecular flexibility index (Phi) is 5.53. The number of carbonyl (C=O) groups excluding carboxylic acids is 2. The van der Waals surface area contributed by atoms with Gasteiger partial charge in [0.05, 0.1) is 30.2 Å². The number of hydrogen-bond donors (Lipinski definition) is 2. The molecule has 9 nitrogen and oxygen atoms in total. The van der Waals surface area contributed by atoms with Gasteiger partial charge in [-0.2, -0.15) is 0 Å². The number of carboxylic acid groups (broad SMARTS) is 1. The molecule has 1 aliphatic carbocycles. The van der Waals surface area contributed by atoms with Gasteiger partial charge in [-0.05, 0) is 55.2 Å². The first-order chi connectivity index (χ1) is 16.4. The highest BCUT2D eigenvalue weighted by molar-refractivity contribution is 6.05. The van der Waals surface area contributed by atoms with Gasteiger partial charge >= 0.3 is 6.09 Å². The first-order valence-electron chi connectivity index (χ1n) is 11.2. The molecule has 3 amide bonds. The average Bonchev–Trinajstić information content (AvgIpc) is 3.57. The minimum absolute atomic E-state index is 0.0358. The van der Waals surface area contributed by atoms with Crippen LogP contribution in [0.25, 0.3) is 11.1 Å². The number of hydrogen-bond acceptors (Lipinski definition) is 5. The van der Waals surface area contributed by atoms with E-state index >= 15 is 0 Å². The number of rotatable bonds is 5. The van der Waals surface area contributed by atoms with Gasteiger partial charge in [0.1, 0.15) is 6.26 Å². The molecule has 1 saturated carbocycles. The van der Waals surface area contributed by atoms with E-state index in [1.54, 1.807) is 23.1 Å². The quantitative estimate of drug-likeness (QED) is 0.597. The Balaban J connectivity index is 1.40. The number of amides is 3. The van der Waals surface area contributed by atoms with Crippen LogP contribution in [0, 0.1) is 5.92 Å². The van der Waals surface area contributed by atoms with Gasteiger partial charge in [-0.15, -0.1) is 0 Å². The highest BCUT2D eigenvalue weighted by Gasteiger charge is 2.41. The van der Waals surface area contributed by atoms with Crippen molar-refractivity contribution in [2.45, 2.75) is 32.4 Å². The van der Waals surface area contributed by atoms with Gasteiger partial charge in [-0.25, -0.2) is 9.78 Å². The van der Waals surface area contributed by atoms with Gasteiger partial charge in [-0.1, -0.05) is 18.2 Å². The first-order valence-corrected chi connectivity index (χ1v) is 11.2. The van der Waals surface area contributed by atoms with E-state index < -0.39 is 6.09 Å². The van der Waals surface area contributed by atoms with Crippen molar-refractivity contribution in [2.24, 2.45) is 5.92 Å². The zero-order chi connectivity index (χ0) is 23.8. The lowest BCUT2D eigenvalue weighted by atomic mass is 9.99. The minimum atomic E-state index is -1.05. The van der Waals surface area contributed by atoms with Gasteiger partial charge in [0.15, 0.2) is 0 Å². The van der Waals surface area contributed by atoms with Gasteiger partial charge in [-0.3, -0.25) is 14.5 Å². The van der Waals surface area contributed by atoms with Gasteiger partial charge in [0.25, 0.3) is 5.91 Å². The van der Waals surface area contributed by atoms with Crippen LogP contribution in [0.15, 0.2) is 59.3 Å². The molecular weight excluding hydrogens is 436 g/mol. The van der Waals surface area contributed by atoms with Crippen LogP contribution in [0.2, 0.25) is 0 Å². The standard InChI is InChI=1S/C25H24N4O5/c1-15-14-28(25(32)33)21-12-19(8-9-20(21)29(15)24(31)18-6-7-18)16-2-4-17(5-3-16)23(30)27-13-22-26-10-11-34-22/h2-5,8-12,15,18H,6-7,13-14H2,1H3,(H,27,30)(H,32,33)/t15-/m0/s1. The third-order valence-corrected chi connectivity index (χ3v) is 6.17. The summed E-state index contributed by atoms with van der Waals surface area (Å²) in [5, 5.41) is 12.5. The number of nitrogens with zero attached hydrogens (tertiary/aromatic N) is 3. The summed E-state index contributed by atoms with van der Waals surface area (Å²) < 4.78 is 5.12. The van der Waals surface area contributed by atoms with Gasteiger partial charge in [0.2, 0.25) is 11.8 Å². The van der Waals surface area contributed by atoms with Crippen LogP contribution in [0.4, 0.5) is 16.2 Å². The van der Waals surface area contributed by atoms with E-state index in [1.807, 2.05) is 31.2 Å². The zero-order valence-electron chi connectivity index (χ0n) is 18.6. The van der Waals surface area contributed by atoms with Crippen LogP contribution < -0.4 is 15.1 Å². The molecule has 34 heavy (non-hydrogen) atoms. The summed E-state index contributed by atoms with van der Waals surface area (Å²) >= 11 is 0. The summed E-state index contributed by atoms with van der Waals surface area (Å²) in [5.74, 6) is 0.265. The van der Waals surface area contributed by atoms with Crippen LogP contribution in [-0.4, -0.2) is 40.6 Å². The second kappa shape index (κ2) is 8.66. The van der Waals surface area contributed by atoms with Crippen molar-refractivity contribution in [3.63, 3.8) is 0 Å². The Morgan fingerprint density at radius 1 is 1.09 bits per heavy atom. The number of oxazole rings is 1. The highest BCUT2D eigenvalue weighted by Crippen LogP contribution is 2.42. The van der Waals surface area contributed by atoms with Crippen LogP contribution in [0.3, 0.4) is 0 Å². The summed E-state index contributed by atoms with van der Waals surface area (Å²) in [6, 6.07) is 12.3. The number of anilines is 2. The monoisotopic (exact) mass is 460 g/mol. The molecule has 0 saturated heterocycles. The Morgan fingerprint density at radius 2 is 1.82 bits per heavy atom. The lowest BCUT2D eigenvalue weighted by Crippen LogP contribution is -2.52. The third-order valence-electron chi connectivity index (χ3n) is 6.17. The second-order valence-electron chi connectivity index (χ2n) is 8.61. The van der Waals surface area contributed by atoms with Crippen molar-refractivity contribution in [1.82, 2.24) is 10.3 Å². The number of carbonyl (C=O) groups is 3. The van der Waals surface area contributed by atoms with E-state index in [1.165, 1.54) is 17.4 Å². The molecule has 1 aliphatic heterocycles. The highest BCUT2D eigenvalue weighted by atomic mass is 16.4. The molecule has 0 spiro atoms. The molecule has 0 radical (unpaired) electrons. The van der Waals surface area contributed by atoms with Crippen molar-refractivity contribution in [2.75, 3.05) is 16.3 Å². The van der Waals surface area contributed by atoms with E-state index in [0.29, 0.717) is 22.8 Å². The largest absolute Gasteiger partial charge is 0.465 e. The maximum atomic E-state index is 12.9. The molecule has 9 heteroatoms. The molecule has 0 bridgehead atoms. The Hall–Kier alpha value is -4.14. The second-order valence-corrected chi connectivity index (χ2v) is 8.61. The molecule has 5 rings (SSSR count). The smallest absolute Gasteiger partial charge is 0.411 e. The van der Waals surface area contributed by atoms with Crippen LogP contribution in [0.1, 0.15) is 36.0 Å². The van der Waals surface area contributed by atoms with Crippen molar-refractivity contribution < 1.29 is 23.9 Å². The van der Waals surface area contributed by atoms with Gasteiger partial charge in [0, 0.05) is 18.0 Å². The summed E-state index contributed by atoms with van der Waals surface area (Å²) in [6.45, 7) is 2.28. The van der Waals surface area contributed by atoms with Gasteiger partial charge < -0.3 is 19.7 Å². The van der Waals surface area contributed by atoms with Crippen LogP contribution in [0.5, 0.6) is 0 Å². The molecule has 1 atom stereocenters. The number of nitrogens with one attached hydrogen (secondary N) is 1. The maximum absolute atomic E-state index is 12.9. The zero-order valence-corrected chi connectivity index (χ0v) is 18.6. The van der Waals surface area contributed by atoms with Crippen LogP contribution >= 0.6 is 0 Å². The third kappa shape index (κ3) is 4.12. The fraction of sp³-hybridized carbons (Fsp3) is 0.280. The van der Waals surface area contributed by atoms with E-state index in [-0.39, 0.29) is 36.9 Å². The Labute approximate surface area is 196 Å². The van der Waals surface area contributed by atoms with Crippen molar-refractivity contribution in [1.29, 1.82) is 0 Å². The topological polar surface area (TPSA) is 116 Å². The molecule has 2 aromatic carbocycles. The fourth-order valence-electron chi connectivity index (χ4n) is 4.26. The summed E-state index contributed by atoms with van der Waals surface area (Å²) in [6.07, 6.45) is 3.68. The Bertz CT molecular complexity index is 1230. The summed E-state index contributed by atoms with van der Waals surface area (Å²) in [5.41, 5.74) is 3.21. The lowest BCUT2D eigenvalue weighted by molar-refractivity contribution is -0.120. The predicted molar refractivity (Wildman–Crippen MR) is 125 cm³/mol. The summed E-state index contributed by atoms with van der Waals surface area (Å²) in [4.78, 5) is 44.3. The van der Waals surface area contributed by atoms with Crippen molar-refractivity contribution >= 4 is 29.3 Å². The Morgan fingerprint density at radius 3 is 2.47 bits per heavy atom. The molecule has 1 fully saturated rings. The number of aromatic nitrogens is 1. The number of benzene rings is 2. The predicted octanol–water partition coefficient (Wildman–Crippen LogP) is 3.90. The van der Waals surface area contributed by atoms with E-state index in [2.05, 4.69) is 10.3 Å². The number of fused-ring (bicyclic) bond motifs is 1. The van der Waals surface area contributed by atoms with Crippen molar-refractivity contribution in [3.8, 4) is 11.1 Å². The molecule has 3 aromatic rings. The fourth-order valence-corrected chi connectivity index (χ4v) is 4.26. The molecule has 2 N–H and O–H groups in total. The average molecular weight is 460 g/mol.